The smallest absolute Gasteiger partial charge is 0.317 e. The van der Waals surface area contributed by atoms with Crippen molar-refractivity contribution in [2.24, 2.45) is 0 Å². The number of nitrogens with zero attached hydrogens (tertiary/aromatic N) is 2. The fourth-order valence-corrected chi connectivity index (χ4v) is 2.91. The molecule has 0 aliphatic carbocycles. The van der Waals surface area contributed by atoms with Gasteiger partial charge in [-0.15, -0.1) is 11.3 Å². The van der Waals surface area contributed by atoms with Crippen molar-refractivity contribution in [3.63, 3.8) is 0 Å². The fourth-order valence-electron chi connectivity index (χ4n) is 1.82. The van der Waals surface area contributed by atoms with E-state index in [-0.39, 0.29) is 5.97 Å². The molecule has 0 bridgehead atoms. The van der Waals surface area contributed by atoms with Crippen LogP contribution in [-0.4, -0.2) is 43.9 Å². The highest BCUT2D eigenvalue weighted by Crippen LogP contribution is 2.30. The summed E-state index contributed by atoms with van der Waals surface area (Å²) in [6.07, 6.45) is 0. The standard InChI is InChI=1S/C15H26N2O3S/c1-6-17(9-10-19-7-2)14-16-12(11-21-14)15(4,5)13(18)20-8-3/h11H,6-10H2,1-5H3. The van der Waals surface area contributed by atoms with E-state index in [0.29, 0.717) is 13.2 Å². The van der Waals surface area contributed by atoms with Crippen LogP contribution in [0.4, 0.5) is 5.13 Å². The number of hydrogen-bond donors (Lipinski definition) is 0. The number of hydrogen-bond acceptors (Lipinski definition) is 6. The van der Waals surface area contributed by atoms with Crippen molar-refractivity contribution in [2.75, 3.05) is 37.8 Å². The predicted octanol–water partition coefficient (Wildman–Crippen LogP) is 2.85. The second-order valence-corrected chi connectivity index (χ2v) is 5.97. The van der Waals surface area contributed by atoms with Crippen LogP contribution in [0.2, 0.25) is 0 Å². The van der Waals surface area contributed by atoms with Gasteiger partial charge in [-0.25, -0.2) is 4.98 Å². The molecule has 0 aliphatic heterocycles. The molecule has 0 atom stereocenters. The Morgan fingerprint density at radius 1 is 1.33 bits per heavy atom. The van der Waals surface area contributed by atoms with Crippen molar-refractivity contribution in [1.82, 2.24) is 4.98 Å². The van der Waals surface area contributed by atoms with Crippen LogP contribution in [0.3, 0.4) is 0 Å². The SMILES string of the molecule is CCOCCN(CC)c1nc(C(C)(C)C(=O)OCC)cs1. The average molecular weight is 314 g/mol. The number of thiazole rings is 1. The van der Waals surface area contributed by atoms with Gasteiger partial charge >= 0.3 is 5.97 Å². The first-order valence-electron chi connectivity index (χ1n) is 7.43. The van der Waals surface area contributed by atoms with Crippen LogP contribution in [0.1, 0.15) is 40.3 Å². The minimum Gasteiger partial charge on any atom is -0.465 e. The summed E-state index contributed by atoms with van der Waals surface area (Å²) in [6.45, 7) is 13.0. The Balaban J connectivity index is 2.80. The Kier molecular flexibility index (Phi) is 7.11. The summed E-state index contributed by atoms with van der Waals surface area (Å²) in [5.74, 6) is -0.237. The van der Waals surface area contributed by atoms with E-state index in [9.17, 15) is 4.79 Å². The predicted molar refractivity (Wildman–Crippen MR) is 86.2 cm³/mol. The number of carbonyl (C=O) groups is 1. The van der Waals surface area contributed by atoms with Crippen molar-refractivity contribution >= 4 is 22.4 Å². The van der Waals surface area contributed by atoms with Gasteiger partial charge in [0.05, 0.1) is 18.9 Å². The molecule has 0 spiro atoms. The van der Waals surface area contributed by atoms with E-state index >= 15 is 0 Å². The Morgan fingerprint density at radius 3 is 2.62 bits per heavy atom. The molecule has 0 unspecified atom stereocenters. The summed E-state index contributed by atoms with van der Waals surface area (Å²) in [5, 5.41) is 2.86. The Bertz CT molecular complexity index is 446. The largest absolute Gasteiger partial charge is 0.465 e. The maximum Gasteiger partial charge on any atom is 0.317 e. The van der Waals surface area contributed by atoms with Crippen LogP contribution in [0.15, 0.2) is 5.38 Å². The Labute approximate surface area is 131 Å². The molecular formula is C15H26N2O3S. The molecule has 1 aromatic heterocycles. The number of ether oxygens (including phenoxy) is 2. The molecule has 120 valence electrons. The zero-order valence-corrected chi connectivity index (χ0v) is 14.5. The molecule has 0 aromatic carbocycles. The Morgan fingerprint density at radius 2 is 2.05 bits per heavy atom. The normalized spacial score (nSPS) is 11.5. The first kappa shape index (κ1) is 17.9. The lowest BCUT2D eigenvalue weighted by Crippen LogP contribution is -2.32. The van der Waals surface area contributed by atoms with Gasteiger partial charge in [0, 0.05) is 25.1 Å². The zero-order chi connectivity index (χ0) is 15.9. The molecule has 0 N–H and O–H groups in total. The molecule has 0 amide bonds. The molecule has 21 heavy (non-hydrogen) atoms. The van der Waals surface area contributed by atoms with Crippen LogP contribution in [0.5, 0.6) is 0 Å². The van der Waals surface area contributed by atoms with Crippen LogP contribution >= 0.6 is 11.3 Å². The van der Waals surface area contributed by atoms with Crippen molar-refractivity contribution in [3.8, 4) is 0 Å². The highest BCUT2D eigenvalue weighted by Gasteiger charge is 2.34. The fraction of sp³-hybridized carbons (Fsp3) is 0.733. The molecule has 1 aromatic rings. The summed E-state index contributed by atoms with van der Waals surface area (Å²) in [5.41, 5.74) is 0.0418. The lowest BCUT2D eigenvalue weighted by Gasteiger charge is -2.21. The van der Waals surface area contributed by atoms with Crippen LogP contribution in [0.25, 0.3) is 0 Å². The number of likely N-dealkylation sites (N-methyl/N-ethyl adjacent to an activating group) is 1. The molecule has 0 radical (unpaired) electrons. The first-order valence-corrected chi connectivity index (χ1v) is 8.31. The topological polar surface area (TPSA) is 51.7 Å². The lowest BCUT2D eigenvalue weighted by molar-refractivity contribution is -0.148. The summed E-state index contributed by atoms with van der Waals surface area (Å²) < 4.78 is 10.5. The van der Waals surface area contributed by atoms with Gasteiger partial charge in [-0.05, 0) is 34.6 Å². The molecule has 1 heterocycles. The molecule has 0 saturated carbocycles. The van der Waals surface area contributed by atoms with Gasteiger partial charge in [-0.1, -0.05) is 0 Å². The van der Waals surface area contributed by atoms with Crippen molar-refractivity contribution < 1.29 is 14.3 Å². The number of carbonyl (C=O) groups excluding carboxylic acids is 1. The van der Waals surface area contributed by atoms with Gasteiger partial charge in [0.1, 0.15) is 5.41 Å². The van der Waals surface area contributed by atoms with Crippen molar-refractivity contribution in [2.45, 2.75) is 40.0 Å². The third-order valence-corrected chi connectivity index (χ3v) is 4.18. The van der Waals surface area contributed by atoms with Crippen molar-refractivity contribution in [1.29, 1.82) is 0 Å². The number of aromatic nitrogens is 1. The molecule has 6 heteroatoms. The van der Waals surface area contributed by atoms with E-state index in [4.69, 9.17) is 9.47 Å². The van der Waals surface area contributed by atoms with E-state index in [1.165, 1.54) is 0 Å². The quantitative estimate of drug-likeness (QED) is 0.518. The number of anilines is 1. The number of rotatable bonds is 9. The van der Waals surface area contributed by atoms with Crippen LogP contribution < -0.4 is 4.90 Å². The molecule has 0 saturated heterocycles. The molecular weight excluding hydrogens is 288 g/mol. The zero-order valence-electron chi connectivity index (χ0n) is 13.6. The van der Waals surface area contributed by atoms with Gasteiger partial charge in [-0.2, -0.15) is 0 Å². The second kappa shape index (κ2) is 8.34. The third kappa shape index (κ3) is 4.68. The minimum absolute atomic E-state index is 0.237. The van der Waals surface area contributed by atoms with E-state index in [2.05, 4.69) is 16.8 Å². The summed E-state index contributed by atoms with van der Waals surface area (Å²) >= 11 is 1.55. The van der Waals surface area contributed by atoms with Crippen molar-refractivity contribution in [3.05, 3.63) is 11.1 Å². The van der Waals surface area contributed by atoms with E-state index in [0.717, 1.165) is 30.5 Å². The van der Waals surface area contributed by atoms with Gasteiger partial charge in [0.25, 0.3) is 0 Å². The first-order chi connectivity index (χ1) is 9.97. The molecule has 1 rings (SSSR count). The maximum absolute atomic E-state index is 12.0. The molecule has 0 fully saturated rings. The maximum atomic E-state index is 12.0. The van der Waals surface area contributed by atoms with E-state index in [1.807, 2.05) is 33.1 Å². The van der Waals surface area contributed by atoms with Gasteiger partial charge in [-0.3, -0.25) is 4.79 Å². The van der Waals surface area contributed by atoms with E-state index in [1.54, 1.807) is 11.3 Å². The second-order valence-electron chi connectivity index (χ2n) is 5.14. The third-order valence-electron chi connectivity index (χ3n) is 3.28. The van der Waals surface area contributed by atoms with Gasteiger partial charge < -0.3 is 14.4 Å². The van der Waals surface area contributed by atoms with Crippen LogP contribution in [-0.2, 0) is 19.7 Å². The summed E-state index contributed by atoms with van der Waals surface area (Å²) in [4.78, 5) is 18.8. The number of esters is 1. The highest BCUT2D eigenvalue weighted by atomic mass is 32.1. The Hall–Kier alpha value is -1.14. The monoisotopic (exact) mass is 314 g/mol. The summed E-state index contributed by atoms with van der Waals surface area (Å²) in [7, 11) is 0. The highest BCUT2D eigenvalue weighted by molar-refractivity contribution is 7.13. The lowest BCUT2D eigenvalue weighted by atomic mass is 9.90. The molecule has 0 aliphatic rings. The van der Waals surface area contributed by atoms with Gasteiger partial charge in [0.2, 0.25) is 0 Å². The van der Waals surface area contributed by atoms with Crippen LogP contribution in [0, 0.1) is 0 Å². The minimum atomic E-state index is -0.718. The van der Waals surface area contributed by atoms with E-state index < -0.39 is 5.41 Å². The summed E-state index contributed by atoms with van der Waals surface area (Å²) in [6, 6.07) is 0. The average Bonchev–Trinajstić information content (AvgIpc) is 2.94. The molecule has 5 nitrogen and oxygen atoms in total. The van der Waals surface area contributed by atoms with Gasteiger partial charge in [0.15, 0.2) is 5.13 Å².